The van der Waals surface area contributed by atoms with Crippen LogP contribution in [0.25, 0.3) is 0 Å². The van der Waals surface area contributed by atoms with Gasteiger partial charge in [0.2, 0.25) is 0 Å². The average molecular weight is 305 g/mol. The van der Waals surface area contributed by atoms with E-state index in [4.69, 9.17) is 4.74 Å². The van der Waals surface area contributed by atoms with Crippen molar-refractivity contribution >= 4 is 5.97 Å². The first-order valence-corrected chi connectivity index (χ1v) is 9.18. The molecule has 0 aromatic rings. The summed E-state index contributed by atoms with van der Waals surface area (Å²) in [6.07, 6.45) is 9.81. The quantitative estimate of drug-likeness (QED) is 0.478. The molecule has 2 fully saturated rings. The predicted molar refractivity (Wildman–Crippen MR) is 88.5 cm³/mol. The van der Waals surface area contributed by atoms with Gasteiger partial charge in [-0.05, 0) is 43.6 Å². The van der Waals surface area contributed by atoms with Crippen LogP contribution in [0, 0.1) is 23.2 Å². The number of carbonyl (C=O) groups is 1. The van der Waals surface area contributed by atoms with E-state index < -0.39 is 0 Å². The topological polar surface area (TPSA) is 38.3 Å². The lowest BCUT2D eigenvalue weighted by Crippen LogP contribution is -2.40. The van der Waals surface area contributed by atoms with Crippen molar-refractivity contribution in [3.05, 3.63) is 11.6 Å². The predicted octanol–water partition coefficient (Wildman–Crippen LogP) is 3.69. The van der Waals surface area contributed by atoms with Crippen molar-refractivity contribution in [3.8, 4) is 0 Å². The largest absolute Gasteiger partial charge is 0.461 e. The van der Waals surface area contributed by atoms with E-state index in [1.165, 1.54) is 32.1 Å². The van der Waals surface area contributed by atoms with Gasteiger partial charge in [-0.25, -0.2) is 0 Å². The zero-order chi connectivity index (χ0) is 15.7. The van der Waals surface area contributed by atoms with Gasteiger partial charge in [-0.2, -0.15) is 0 Å². The molecule has 22 heavy (non-hydrogen) atoms. The number of unbranched alkanes of at least 4 members (excludes halogenated alkanes) is 1. The smallest absolute Gasteiger partial charge is 0.311 e. The molecule has 0 bridgehead atoms. The van der Waals surface area contributed by atoms with Gasteiger partial charge in [0.25, 0.3) is 0 Å². The second kappa shape index (κ2) is 6.35. The molecule has 1 heterocycles. The van der Waals surface area contributed by atoms with Gasteiger partial charge in [-0.3, -0.25) is 4.79 Å². The van der Waals surface area contributed by atoms with Crippen LogP contribution in [-0.4, -0.2) is 25.2 Å². The molecule has 0 radical (unpaired) electrons. The molecule has 5 atom stereocenters. The Labute approximate surface area is 134 Å². The molecule has 2 aliphatic carbocycles. The van der Waals surface area contributed by atoms with E-state index in [-0.39, 0.29) is 23.4 Å². The molecule has 3 heteroatoms. The summed E-state index contributed by atoms with van der Waals surface area (Å²) in [5.41, 5.74) is 1.88. The van der Waals surface area contributed by atoms with Crippen LogP contribution in [0.5, 0.6) is 0 Å². The molecular formula is C19H31NO2. The molecule has 1 N–H and O–H groups in total. The molecule has 1 aliphatic heterocycles. The lowest BCUT2D eigenvalue weighted by molar-refractivity contribution is -0.145. The third kappa shape index (κ3) is 2.84. The highest BCUT2D eigenvalue weighted by molar-refractivity contribution is 5.76. The summed E-state index contributed by atoms with van der Waals surface area (Å²) >= 11 is 0. The zero-order valence-corrected chi connectivity index (χ0v) is 14.4. The number of ether oxygens (including phenoxy) is 1. The Morgan fingerprint density at radius 2 is 2.27 bits per heavy atom. The van der Waals surface area contributed by atoms with Crippen LogP contribution in [0.2, 0.25) is 0 Å². The Bertz CT molecular complexity index is 458. The molecule has 3 rings (SSSR count). The van der Waals surface area contributed by atoms with Gasteiger partial charge in [-0.15, -0.1) is 0 Å². The van der Waals surface area contributed by atoms with Crippen molar-refractivity contribution in [2.24, 2.45) is 23.2 Å². The Morgan fingerprint density at radius 1 is 1.45 bits per heavy atom. The molecule has 0 aromatic heterocycles. The van der Waals surface area contributed by atoms with Crippen LogP contribution in [0.4, 0.5) is 0 Å². The minimum atomic E-state index is 0.0192. The van der Waals surface area contributed by atoms with Crippen LogP contribution < -0.4 is 5.32 Å². The van der Waals surface area contributed by atoms with Crippen LogP contribution in [0.15, 0.2) is 11.6 Å². The van der Waals surface area contributed by atoms with E-state index in [1.54, 1.807) is 5.57 Å². The van der Waals surface area contributed by atoms with Gasteiger partial charge >= 0.3 is 5.97 Å². The van der Waals surface area contributed by atoms with Crippen molar-refractivity contribution in [3.63, 3.8) is 0 Å². The summed E-state index contributed by atoms with van der Waals surface area (Å²) in [7, 11) is 0. The molecule has 0 spiro atoms. The maximum Gasteiger partial charge on any atom is 0.311 e. The molecule has 0 aromatic carbocycles. The molecule has 124 valence electrons. The summed E-state index contributed by atoms with van der Waals surface area (Å²) in [5, 5.41) is 3.45. The van der Waals surface area contributed by atoms with Crippen molar-refractivity contribution in [2.45, 2.75) is 65.4 Å². The third-order valence-corrected chi connectivity index (χ3v) is 6.15. The summed E-state index contributed by atoms with van der Waals surface area (Å²) in [6.45, 7) is 8.71. The highest BCUT2D eigenvalue weighted by Gasteiger charge is 2.51. The van der Waals surface area contributed by atoms with Crippen molar-refractivity contribution in [1.82, 2.24) is 5.32 Å². The standard InChI is InChI=1S/C19H31NO2/c1-4-5-9-20-12-15-14-10-16-13(2)7-6-8-19(16,3)11-17(14)22-18(15)21/h10,13-15,17,20H,4-9,11-12H2,1-3H3/t13-,14+,15?,17+,19+/m0/s1. The number of nitrogens with one attached hydrogen (secondary N) is 1. The lowest BCUT2D eigenvalue weighted by Gasteiger charge is -2.46. The van der Waals surface area contributed by atoms with Crippen LogP contribution in [-0.2, 0) is 9.53 Å². The van der Waals surface area contributed by atoms with Gasteiger partial charge in [0, 0.05) is 12.5 Å². The first-order valence-electron chi connectivity index (χ1n) is 9.18. The van der Waals surface area contributed by atoms with E-state index in [0.717, 1.165) is 19.5 Å². The summed E-state index contributed by atoms with van der Waals surface area (Å²) < 4.78 is 5.76. The maximum atomic E-state index is 12.3. The first kappa shape index (κ1) is 16.0. The van der Waals surface area contributed by atoms with Crippen molar-refractivity contribution in [1.29, 1.82) is 0 Å². The highest BCUT2D eigenvalue weighted by atomic mass is 16.6. The molecule has 1 saturated carbocycles. The number of fused-ring (bicyclic) bond motifs is 2. The normalized spacial score (nSPS) is 40.7. The van der Waals surface area contributed by atoms with Gasteiger partial charge in [-0.1, -0.05) is 45.3 Å². The zero-order valence-electron chi connectivity index (χ0n) is 14.4. The second-order valence-corrected chi connectivity index (χ2v) is 7.90. The SMILES string of the molecule is CCCCNCC1C(=O)O[C@@H]2C[C@@]3(C)CCC[C@H](C)C3=C[C@H]12. The molecule has 3 aliphatic rings. The number of rotatable bonds is 5. The number of hydrogen-bond donors (Lipinski definition) is 1. The lowest BCUT2D eigenvalue weighted by atomic mass is 9.59. The monoisotopic (exact) mass is 305 g/mol. The fraction of sp³-hybridized carbons (Fsp3) is 0.842. The summed E-state index contributed by atoms with van der Waals surface area (Å²) in [4.78, 5) is 12.3. The van der Waals surface area contributed by atoms with Crippen molar-refractivity contribution in [2.75, 3.05) is 13.1 Å². The van der Waals surface area contributed by atoms with Gasteiger partial charge in [0.1, 0.15) is 6.10 Å². The van der Waals surface area contributed by atoms with Crippen LogP contribution in [0.3, 0.4) is 0 Å². The van der Waals surface area contributed by atoms with E-state index in [0.29, 0.717) is 11.8 Å². The van der Waals surface area contributed by atoms with Gasteiger partial charge < -0.3 is 10.1 Å². The Hall–Kier alpha value is -0.830. The fourth-order valence-corrected chi connectivity index (χ4v) is 4.84. The summed E-state index contributed by atoms with van der Waals surface area (Å²) in [6, 6.07) is 0. The molecular weight excluding hydrogens is 274 g/mol. The first-order chi connectivity index (χ1) is 10.5. The van der Waals surface area contributed by atoms with Crippen molar-refractivity contribution < 1.29 is 9.53 Å². The summed E-state index contributed by atoms with van der Waals surface area (Å²) in [5.74, 6) is 1.01. The van der Waals surface area contributed by atoms with E-state index >= 15 is 0 Å². The molecule has 0 amide bonds. The average Bonchev–Trinajstić information content (AvgIpc) is 2.76. The van der Waals surface area contributed by atoms with Crippen LogP contribution >= 0.6 is 0 Å². The van der Waals surface area contributed by atoms with E-state index in [1.807, 2.05) is 0 Å². The minimum Gasteiger partial charge on any atom is -0.461 e. The third-order valence-electron chi connectivity index (χ3n) is 6.15. The van der Waals surface area contributed by atoms with E-state index in [2.05, 4.69) is 32.2 Å². The minimum absolute atomic E-state index is 0.0192. The molecule has 1 saturated heterocycles. The van der Waals surface area contributed by atoms with Gasteiger partial charge in [0.05, 0.1) is 5.92 Å². The molecule has 1 unspecified atom stereocenters. The maximum absolute atomic E-state index is 12.3. The number of esters is 1. The number of allylic oxidation sites excluding steroid dienone is 1. The van der Waals surface area contributed by atoms with Gasteiger partial charge in [0.15, 0.2) is 0 Å². The molecule has 3 nitrogen and oxygen atoms in total. The second-order valence-electron chi connectivity index (χ2n) is 7.90. The number of carbonyl (C=O) groups excluding carboxylic acids is 1. The Balaban J connectivity index is 1.74. The fourth-order valence-electron chi connectivity index (χ4n) is 4.84. The Morgan fingerprint density at radius 3 is 3.05 bits per heavy atom. The Kier molecular flexibility index (Phi) is 4.63. The van der Waals surface area contributed by atoms with Crippen LogP contribution in [0.1, 0.15) is 59.3 Å². The van der Waals surface area contributed by atoms with E-state index in [9.17, 15) is 4.79 Å². The highest BCUT2D eigenvalue weighted by Crippen LogP contribution is 2.53. The number of hydrogen-bond acceptors (Lipinski definition) is 3.